The molecule has 8 heteroatoms. The number of hydrogen-bond acceptors (Lipinski definition) is 6. The summed E-state index contributed by atoms with van der Waals surface area (Å²) in [6, 6.07) is 5.57. The summed E-state index contributed by atoms with van der Waals surface area (Å²) in [5.41, 5.74) is 0.789. The molecule has 1 heterocycles. The van der Waals surface area contributed by atoms with Crippen molar-refractivity contribution in [1.29, 1.82) is 0 Å². The maximum absolute atomic E-state index is 12.8. The van der Waals surface area contributed by atoms with E-state index in [2.05, 4.69) is 10.3 Å². The molecular weight excluding hydrogens is 317 g/mol. The first-order chi connectivity index (χ1) is 11.5. The minimum atomic E-state index is -0.761. The molecule has 24 heavy (non-hydrogen) atoms. The van der Waals surface area contributed by atoms with Crippen molar-refractivity contribution in [1.82, 2.24) is 15.0 Å². The Balaban J connectivity index is 1.62. The number of hydrogen-bond donors (Lipinski definition) is 1. The molecule has 0 amide bonds. The van der Waals surface area contributed by atoms with Crippen LogP contribution in [0, 0.1) is 5.82 Å². The number of aliphatic hydroxyl groups is 1. The number of ether oxygens (including phenoxy) is 1. The van der Waals surface area contributed by atoms with Gasteiger partial charge in [0.1, 0.15) is 29.6 Å². The summed E-state index contributed by atoms with van der Waals surface area (Å²) in [5, 5.41) is 17.5. The Morgan fingerprint density at radius 2 is 1.83 bits per heavy atom. The molecule has 0 radical (unpaired) electrons. The number of aliphatic hydroxyl groups excluding tert-OH is 1. The fraction of sp³-hybridized carbons (Fsp3) is 0.125. The molecule has 1 aromatic heterocycles. The number of carbonyl (C=O) groups is 2. The van der Waals surface area contributed by atoms with Crippen molar-refractivity contribution in [2.45, 2.75) is 13.2 Å². The van der Waals surface area contributed by atoms with Gasteiger partial charge in [-0.25, -0.2) is 9.07 Å². The second-order valence-corrected chi connectivity index (χ2v) is 5.08. The number of rotatable bonds is 5. The number of ketones is 2. The van der Waals surface area contributed by atoms with Gasteiger partial charge in [-0.2, -0.15) is 0 Å². The molecule has 0 saturated carbocycles. The smallest absolute Gasteiger partial charge is 0.229 e. The summed E-state index contributed by atoms with van der Waals surface area (Å²) in [6.45, 7) is 0.217. The standard InChI is InChI=1S/C16H12FN3O4/c17-11-1-3-13(4-2-11)24-9-12-8-20(19-18-12)7-10-5-15(22)16(23)6-14(10)21/h1-6,8,21H,7,9H2. The van der Waals surface area contributed by atoms with Crippen LogP contribution in [0.4, 0.5) is 4.39 Å². The van der Waals surface area contributed by atoms with Gasteiger partial charge < -0.3 is 9.84 Å². The molecule has 0 unspecified atom stereocenters. The monoisotopic (exact) mass is 329 g/mol. The van der Waals surface area contributed by atoms with Crippen molar-refractivity contribution < 1.29 is 23.8 Å². The summed E-state index contributed by atoms with van der Waals surface area (Å²) in [4.78, 5) is 22.5. The molecular formula is C16H12FN3O4. The average molecular weight is 329 g/mol. The van der Waals surface area contributed by atoms with Crippen molar-refractivity contribution in [3.8, 4) is 5.75 Å². The summed E-state index contributed by atoms with van der Waals surface area (Å²) in [7, 11) is 0. The largest absolute Gasteiger partial charge is 0.507 e. The molecule has 1 aliphatic carbocycles. The predicted molar refractivity (Wildman–Crippen MR) is 79.6 cm³/mol. The maximum atomic E-state index is 12.8. The Morgan fingerprint density at radius 1 is 1.12 bits per heavy atom. The molecule has 0 bridgehead atoms. The third-order valence-electron chi connectivity index (χ3n) is 3.26. The number of nitrogens with zero attached hydrogens (tertiary/aromatic N) is 3. The van der Waals surface area contributed by atoms with E-state index in [1.165, 1.54) is 28.9 Å². The van der Waals surface area contributed by atoms with Crippen LogP contribution in [0.3, 0.4) is 0 Å². The van der Waals surface area contributed by atoms with Crippen LogP contribution in [0.5, 0.6) is 5.75 Å². The van der Waals surface area contributed by atoms with Crippen LogP contribution in [0.15, 0.2) is 53.9 Å². The van der Waals surface area contributed by atoms with E-state index >= 15 is 0 Å². The molecule has 1 N–H and O–H groups in total. The molecule has 0 fully saturated rings. The van der Waals surface area contributed by atoms with E-state index in [1.807, 2.05) is 0 Å². The lowest BCUT2D eigenvalue weighted by Gasteiger charge is -2.09. The van der Waals surface area contributed by atoms with Crippen molar-refractivity contribution in [2.24, 2.45) is 0 Å². The molecule has 0 atom stereocenters. The second-order valence-electron chi connectivity index (χ2n) is 5.08. The molecule has 0 aliphatic heterocycles. The molecule has 0 saturated heterocycles. The van der Waals surface area contributed by atoms with Crippen LogP contribution in [-0.2, 0) is 22.7 Å². The third kappa shape index (κ3) is 3.54. The summed E-state index contributed by atoms with van der Waals surface area (Å²) in [5.74, 6) is -1.58. The van der Waals surface area contributed by atoms with Crippen LogP contribution >= 0.6 is 0 Å². The first-order valence-corrected chi connectivity index (χ1v) is 6.98. The van der Waals surface area contributed by atoms with Gasteiger partial charge in [0, 0.05) is 11.6 Å². The highest BCUT2D eigenvalue weighted by Gasteiger charge is 2.20. The van der Waals surface area contributed by atoms with Gasteiger partial charge in [-0.3, -0.25) is 9.59 Å². The van der Waals surface area contributed by atoms with E-state index in [-0.39, 0.29) is 30.3 Å². The number of aromatic nitrogens is 3. The van der Waals surface area contributed by atoms with Crippen molar-refractivity contribution >= 4 is 11.6 Å². The van der Waals surface area contributed by atoms with E-state index in [0.29, 0.717) is 11.4 Å². The summed E-state index contributed by atoms with van der Waals surface area (Å²) >= 11 is 0. The Morgan fingerprint density at radius 3 is 2.58 bits per heavy atom. The van der Waals surface area contributed by atoms with Gasteiger partial charge in [0.15, 0.2) is 0 Å². The number of carbonyl (C=O) groups excluding carboxylic acids is 2. The summed E-state index contributed by atoms with van der Waals surface area (Å²) < 4.78 is 19.7. The van der Waals surface area contributed by atoms with E-state index in [1.54, 1.807) is 6.20 Å². The molecule has 122 valence electrons. The SMILES string of the molecule is O=C1C=C(O)C(Cn2cc(COc3ccc(F)cc3)nn2)=CC1=O. The number of allylic oxidation sites excluding steroid dienone is 3. The zero-order valence-electron chi connectivity index (χ0n) is 12.3. The van der Waals surface area contributed by atoms with Gasteiger partial charge in [-0.15, -0.1) is 5.10 Å². The lowest BCUT2D eigenvalue weighted by molar-refractivity contribution is -0.131. The zero-order valence-corrected chi connectivity index (χ0v) is 12.3. The number of halogens is 1. The van der Waals surface area contributed by atoms with Crippen LogP contribution in [0.1, 0.15) is 5.69 Å². The second kappa shape index (κ2) is 6.45. The first-order valence-electron chi connectivity index (χ1n) is 6.98. The van der Waals surface area contributed by atoms with Crippen molar-refractivity contribution in [3.63, 3.8) is 0 Å². The highest BCUT2D eigenvalue weighted by atomic mass is 19.1. The van der Waals surface area contributed by atoms with Crippen LogP contribution in [-0.4, -0.2) is 31.7 Å². The van der Waals surface area contributed by atoms with Crippen LogP contribution < -0.4 is 4.74 Å². The normalized spacial score (nSPS) is 14.4. The lowest BCUT2D eigenvalue weighted by Crippen LogP contribution is -2.17. The fourth-order valence-electron chi connectivity index (χ4n) is 2.06. The van der Waals surface area contributed by atoms with Gasteiger partial charge in [0.25, 0.3) is 0 Å². The maximum Gasteiger partial charge on any atom is 0.229 e. The minimum absolute atomic E-state index is 0.0882. The van der Waals surface area contributed by atoms with E-state index in [4.69, 9.17) is 4.74 Å². The Bertz CT molecular complexity index is 852. The van der Waals surface area contributed by atoms with Gasteiger partial charge in [-0.1, -0.05) is 5.21 Å². The van der Waals surface area contributed by atoms with Gasteiger partial charge in [0.05, 0.1) is 12.7 Å². The molecule has 7 nitrogen and oxygen atoms in total. The van der Waals surface area contributed by atoms with Crippen LogP contribution in [0.25, 0.3) is 0 Å². The third-order valence-corrected chi connectivity index (χ3v) is 3.26. The highest BCUT2D eigenvalue weighted by Crippen LogP contribution is 2.15. The quantitative estimate of drug-likeness (QED) is 0.660. The van der Waals surface area contributed by atoms with E-state index in [0.717, 1.165) is 12.2 Å². The summed E-state index contributed by atoms with van der Waals surface area (Å²) in [6.07, 6.45) is 3.54. The molecule has 3 rings (SSSR count). The predicted octanol–water partition coefficient (Wildman–Crippen LogP) is 1.52. The average Bonchev–Trinajstić information content (AvgIpc) is 3.00. The molecule has 0 spiro atoms. The lowest BCUT2D eigenvalue weighted by atomic mass is 10.0. The van der Waals surface area contributed by atoms with Crippen molar-refractivity contribution in [3.05, 3.63) is 65.5 Å². The van der Waals surface area contributed by atoms with E-state index in [9.17, 15) is 19.1 Å². The number of benzene rings is 1. The topological polar surface area (TPSA) is 94.3 Å². The fourth-order valence-corrected chi connectivity index (χ4v) is 2.06. The Labute approximate surface area is 135 Å². The van der Waals surface area contributed by atoms with Gasteiger partial charge >= 0.3 is 0 Å². The highest BCUT2D eigenvalue weighted by molar-refractivity contribution is 6.46. The van der Waals surface area contributed by atoms with Crippen molar-refractivity contribution in [2.75, 3.05) is 0 Å². The molecule has 2 aromatic rings. The minimum Gasteiger partial charge on any atom is -0.507 e. The van der Waals surface area contributed by atoms with E-state index < -0.39 is 11.6 Å². The van der Waals surface area contributed by atoms with Gasteiger partial charge in [0.2, 0.25) is 11.6 Å². The first kappa shape index (κ1) is 15.6. The molecule has 1 aromatic carbocycles. The Kier molecular flexibility index (Phi) is 4.19. The zero-order chi connectivity index (χ0) is 17.1. The molecule has 1 aliphatic rings. The Hall–Kier alpha value is -3.29. The van der Waals surface area contributed by atoms with Crippen LogP contribution in [0.2, 0.25) is 0 Å². The van der Waals surface area contributed by atoms with Gasteiger partial charge in [-0.05, 0) is 30.3 Å².